The summed E-state index contributed by atoms with van der Waals surface area (Å²) in [5.74, 6) is 0. The quantitative estimate of drug-likeness (QED) is 0.781. The SMILES string of the molecule is Cc1cnc2ccc(CC(C)(C)C#N)cc2c1. The van der Waals surface area contributed by atoms with Gasteiger partial charge in [0.1, 0.15) is 0 Å². The minimum absolute atomic E-state index is 0.315. The Kier molecular flexibility index (Phi) is 2.85. The second kappa shape index (κ2) is 4.18. The third kappa shape index (κ3) is 2.62. The lowest BCUT2D eigenvalue weighted by Gasteiger charge is -2.15. The molecule has 0 aliphatic rings. The Bertz CT molecular complexity index is 591. The molecule has 2 aromatic rings. The summed E-state index contributed by atoms with van der Waals surface area (Å²) >= 11 is 0. The predicted octanol–water partition coefficient (Wildman–Crippen LogP) is 3.64. The fraction of sp³-hybridized carbons (Fsp3) is 0.333. The number of nitriles is 1. The van der Waals surface area contributed by atoms with Crippen LogP contribution in [0.25, 0.3) is 10.9 Å². The van der Waals surface area contributed by atoms with E-state index in [4.69, 9.17) is 5.26 Å². The van der Waals surface area contributed by atoms with Gasteiger partial charge in [-0.2, -0.15) is 5.26 Å². The summed E-state index contributed by atoms with van der Waals surface area (Å²) in [4.78, 5) is 4.37. The predicted molar refractivity (Wildman–Crippen MR) is 69.6 cm³/mol. The van der Waals surface area contributed by atoms with Gasteiger partial charge in [0.15, 0.2) is 0 Å². The normalized spacial score (nSPS) is 11.4. The van der Waals surface area contributed by atoms with Crippen LogP contribution in [0.2, 0.25) is 0 Å². The molecule has 0 amide bonds. The van der Waals surface area contributed by atoms with Gasteiger partial charge in [0.2, 0.25) is 0 Å². The van der Waals surface area contributed by atoms with Gasteiger partial charge in [-0.05, 0) is 56.5 Å². The molecular formula is C15H16N2. The van der Waals surface area contributed by atoms with Crippen molar-refractivity contribution in [3.05, 3.63) is 41.6 Å². The number of aromatic nitrogens is 1. The Morgan fingerprint density at radius 1 is 1.29 bits per heavy atom. The van der Waals surface area contributed by atoms with E-state index in [-0.39, 0.29) is 5.41 Å². The maximum absolute atomic E-state index is 9.05. The lowest BCUT2D eigenvalue weighted by atomic mass is 9.87. The average molecular weight is 224 g/mol. The first kappa shape index (κ1) is 11.6. The van der Waals surface area contributed by atoms with Gasteiger partial charge in [-0.3, -0.25) is 4.98 Å². The van der Waals surface area contributed by atoms with Crippen molar-refractivity contribution in [3.63, 3.8) is 0 Å². The van der Waals surface area contributed by atoms with Crippen LogP contribution >= 0.6 is 0 Å². The van der Waals surface area contributed by atoms with E-state index in [1.54, 1.807) is 0 Å². The second-order valence-electron chi connectivity index (χ2n) is 5.21. The zero-order valence-electron chi connectivity index (χ0n) is 10.5. The molecule has 0 radical (unpaired) electrons. The molecule has 0 fully saturated rings. The third-order valence-corrected chi connectivity index (χ3v) is 2.83. The van der Waals surface area contributed by atoms with Crippen molar-refractivity contribution < 1.29 is 0 Å². The summed E-state index contributed by atoms with van der Waals surface area (Å²) in [6.07, 6.45) is 2.65. The van der Waals surface area contributed by atoms with Crippen molar-refractivity contribution in [1.29, 1.82) is 5.26 Å². The number of pyridine rings is 1. The summed E-state index contributed by atoms with van der Waals surface area (Å²) in [6.45, 7) is 5.97. The van der Waals surface area contributed by atoms with Crippen LogP contribution in [-0.2, 0) is 6.42 Å². The van der Waals surface area contributed by atoms with Crippen LogP contribution in [0, 0.1) is 23.7 Å². The zero-order chi connectivity index (χ0) is 12.5. The standard InChI is InChI=1S/C15H16N2/c1-11-6-13-7-12(8-15(2,3)10-16)4-5-14(13)17-9-11/h4-7,9H,8H2,1-3H3. The van der Waals surface area contributed by atoms with E-state index in [0.717, 1.165) is 22.9 Å². The van der Waals surface area contributed by atoms with Crippen LogP contribution in [0.4, 0.5) is 0 Å². The molecule has 0 unspecified atom stereocenters. The summed E-state index contributed by atoms with van der Waals surface area (Å²) in [6, 6.07) is 10.7. The summed E-state index contributed by atoms with van der Waals surface area (Å²) in [7, 11) is 0. The van der Waals surface area contributed by atoms with E-state index in [0.29, 0.717) is 0 Å². The molecule has 2 rings (SSSR count). The summed E-state index contributed by atoms with van der Waals surface area (Å²) in [5, 5.41) is 10.2. The number of rotatable bonds is 2. The van der Waals surface area contributed by atoms with Crippen LogP contribution in [-0.4, -0.2) is 4.98 Å². The zero-order valence-corrected chi connectivity index (χ0v) is 10.5. The molecule has 0 saturated carbocycles. The topological polar surface area (TPSA) is 36.7 Å². The van der Waals surface area contributed by atoms with Crippen LogP contribution in [0.1, 0.15) is 25.0 Å². The van der Waals surface area contributed by atoms with Gasteiger partial charge in [0.05, 0.1) is 17.0 Å². The van der Waals surface area contributed by atoms with Crippen molar-refractivity contribution in [2.75, 3.05) is 0 Å². The van der Waals surface area contributed by atoms with E-state index in [2.05, 4.69) is 29.3 Å². The molecule has 0 atom stereocenters. The van der Waals surface area contributed by atoms with Gasteiger partial charge >= 0.3 is 0 Å². The van der Waals surface area contributed by atoms with Crippen LogP contribution in [0.3, 0.4) is 0 Å². The minimum Gasteiger partial charge on any atom is -0.256 e. The number of aryl methyl sites for hydroxylation is 1. The molecule has 2 nitrogen and oxygen atoms in total. The molecule has 0 N–H and O–H groups in total. The maximum Gasteiger partial charge on any atom is 0.0702 e. The fourth-order valence-corrected chi connectivity index (χ4v) is 1.95. The molecule has 17 heavy (non-hydrogen) atoms. The van der Waals surface area contributed by atoms with Crippen molar-refractivity contribution in [2.45, 2.75) is 27.2 Å². The largest absolute Gasteiger partial charge is 0.256 e. The summed E-state index contributed by atoms with van der Waals surface area (Å²) in [5.41, 5.74) is 3.05. The molecule has 0 aliphatic carbocycles. The minimum atomic E-state index is -0.315. The average Bonchev–Trinajstić information content (AvgIpc) is 2.28. The molecule has 1 aromatic heterocycles. The van der Waals surface area contributed by atoms with Gasteiger partial charge in [0, 0.05) is 11.6 Å². The first-order valence-electron chi connectivity index (χ1n) is 5.77. The van der Waals surface area contributed by atoms with Crippen molar-refractivity contribution in [3.8, 4) is 6.07 Å². The van der Waals surface area contributed by atoms with Crippen molar-refractivity contribution >= 4 is 10.9 Å². The van der Waals surface area contributed by atoms with Crippen molar-refractivity contribution in [1.82, 2.24) is 4.98 Å². The Hall–Kier alpha value is -1.88. The van der Waals surface area contributed by atoms with E-state index >= 15 is 0 Å². The van der Waals surface area contributed by atoms with Gasteiger partial charge < -0.3 is 0 Å². The molecule has 0 aliphatic heterocycles. The first-order valence-corrected chi connectivity index (χ1v) is 5.77. The molecule has 0 spiro atoms. The highest BCUT2D eigenvalue weighted by Crippen LogP contribution is 2.23. The van der Waals surface area contributed by atoms with E-state index in [1.807, 2.05) is 33.0 Å². The molecule has 0 bridgehead atoms. The number of benzene rings is 1. The van der Waals surface area contributed by atoms with Gasteiger partial charge in [0.25, 0.3) is 0 Å². The molecule has 1 heterocycles. The molecule has 2 heteroatoms. The second-order valence-corrected chi connectivity index (χ2v) is 5.21. The highest BCUT2D eigenvalue weighted by Gasteiger charge is 2.17. The van der Waals surface area contributed by atoms with Crippen molar-refractivity contribution in [2.24, 2.45) is 5.41 Å². The van der Waals surface area contributed by atoms with Crippen LogP contribution < -0.4 is 0 Å². The van der Waals surface area contributed by atoms with Gasteiger partial charge in [-0.15, -0.1) is 0 Å². The monoisotopic (exact) mass is 224 g/mol. The Balaban J connectivity index is 2.41. The third-order valence-electron chi connectivity index (χ3n) is 2.83. The van der Waals surface area contributed by atoms with Gasteiger partial charge in [-0.1, -0.05) is 6.07 Å². The van der Waals surface area contributed by atoms with E-state index < -0.39 is 0 Å². The fourth-order valence-electron chi connectivity index (χ4n) is 1.95. The smallest absolute Gasteiger partial charge is 0.0702 e. The lowest BCUT2D eigenvalue weighted by molar-refractivity contribution is 0.494. The summed E-state index contributed by atoms with van der Waals surface area (Å²) < 4.78 is 0. The van der Waals surface area contributed by atoms with Crippen LogP contribution in [0.15, 0.2) is 30.5 Å². The number of hydrogen-bond acceptors (Lipinski definition) is 2. The Morgan fingerprint density at radius 2 is 2.06 bits per heavy atom. The Labute approximate surface area is 102 Å². The van der Waals surface area contributed by atoms with E-state index in [1.165, 1.54) is 5.56 Å². The van der Waals surface area contributed by atoms with E-state index in [9.17, 15) is 0 Å². The molecule has 0 saturated heterocycles. The molecule has 1 aromatic carbocycles. The Morgan fingerprint density at radius 3 is 2.76 bits per heavy atom. The highest BCUT2D eigenvalue weighted by molar-refractivity contribution is 5.79. The highest BCUT2D eigenvalue weighted by atomic mass is 14.6. The molecular weight excluding hydrogens is 208 g/mol. The number of fused-ring (bicyclic) bond motifs is 1. The number of nitrogens with zero attached hydrogens (tertiary/aromatic N) is 2. The van der Waals surface area contributed by atoms with Gasteiger partial charge in [-0.25, -0.2) is 0 Å². The first-order chi connectivity index (χ1) is 8.00. The maximum atomic E-state index is 9.05. The number of hydrogen-bond donors (Lipinski definition) is 0. The molecule has 86 valence electrons. The lowest BCUT2D eigenvalue weighted by Crippen LogP contribution is -2.11. The van der Waals surface area contributed by atoms with Crippen LogP contribution in [0.5, 0.6) is 0 Å².